The summed E-state index contributed by atoms with van der Waals surface area (Å²) < 4.78 is 0. The van der Waals surface area contributed by atoms with Crippen molar-refractivity contribution in [1.29, 1.82) is 0 Å². The quantitative estimate of drug-likeness (QED) is 0.715. The highest BCUT2D eigenvalue weighted by Crippen LogP contribution is 2.09. The summed E-state index contributed by atoms with van der Waals surface area (Å²) in [5.41, 5.74) is 8.70. The van der Waals surface area contributed by atoms with Gasteiger partial charge in [-0.05, 0) is 13.0 Å². The zero-order valence-corrected chi connectivity index (χ0v) is 9.11. The Morgan fingerprint density at radius 3 is 2.88 bits per heavy atom. The molecule has 1 aromatic heterocycles. The predicted molar refractivity (Wildman–Crippen MR) is 57.2 cm³/mol. The van der Waals surface area contributed by atoms with E-state index in [2.05, 4.69) is 9.82 Å². The zero-order chi connectivity index (χ0) is 12.1. The van der Waals surface area contributed by atoms with Crippen LogP contribution in [0.15, 0.2) is 12.3 Å². The smallest absolute Gasteiger partial charge is 0.331 e. The number of carbonyl (C=O) groups is 2. The molecule has 0 spiro atoms. The molecule has 3 N–H and O–H groups in total. The van der Waals surface area contributed by atoms with Crippen LogP contribution < -0.4 is 11.2 Å². The van der Waals surface area contributed by atoms with E-state index in [-0.39, 0.29) is 12.0 Å². The van der Waals surface area contributed by atoms with E-state index in [1.54, 1.807) is 13.8 Å². The minimum atomic E-state index is -0.542. The van der Waals surface area contributed by atoms with Crippen molar-refractivity contribution in [2.75, 3.05) is 5.73 Å². The van der Waals surface area contributed by atoms with Crippen LogP contribution in [0, 0.1) is 6.92 Å². The number of aryl methyl sites for hydroxylation is 1. The number of hydrogen-bond donors (Lipinski definition) is 2. The SMILES string of the molecule is CCC(=O)ONC(=O)c1cc(N)cnc1C. The van der Waals surface area contributed by atoms with Crippen LogP contribution in [0.4, 0.5) is 5.69 Å². The molecule has 0 aromatic carbocycles. The first kappa shape index (κ1) is 12.0. The summed E-state index contributed by atoms with van der Waals surface area (Å²) >= 11 is 0. The third-order valence-electron chi connectivity index (χ3n) is 1.90. The van der Waals surface area contributed by atoms with Gasteiger partial charge in [0.15, 0.2) is 0 Å². The van der Waals surface area contributed by atoms with Crippen molar-refractivity contribution in [3.05, 3.63) is 23.5 Å². The Labute approximate surface area is 92.8 Å². The first-order chi connectivity index (χ1) is 7.54. The third-order valence-corrected chi connectivity index (χ3v) is 1.90. The standard InChI is InChI=1S/C10H13N3O3/c1-3-9(14)16-13-10(15)8-4-7(11)5-12-6(8)2/h4-5H,3,11H2,1-2H3,(H,13,15). The summed E-state index contributed by atoms with van der Waals surface area (Å²) in [6.45, 7) is 3.29. The van der Waals surface area contributed by atoms with Crippen LogP contribution >= 0.6 is 0 Å². The van der Waals surface area contributed by atoms with E-state index in [4.69, 9.17) is 5.73 Å². The van der Waals surface area contributed by atoms with Gasteiger partial charge in [-0.3, -0.25) is 9.78 Å². The van der Waals surface area contributed by atoms with Gasteiger partial charge in [0.05, 0.1) is 23.1 Å². The van der Waals surface area contributed by atoms with Crippen molar-refractivity contribution in [1.82, 2.24) is 10.5 Å². The highest BCUT2D eigenvalue weighted by molar-refractivity contribution is 5.95. The van der Waals surface area contributed by atoms with E-state index < -0.39 is 11.9 Å². The fourth-order valence-electron chi connectivity index (χ4n) is 1.01. The van der Waals surface area contributed by atoms with Crippen LogP contribution in [-0.4, -0.2) is 16.9 Å². The van der Waals surface area contributed by atoms with E-state index in [1.165, 1.54) is 12.3 Å². The number of nitrogens with zero attached hydrogens (tertiary/aromatic N) is 1. The van der Waals surface area contributed by atoms with Crippen LogP contribution in [0.1, 0.15) is 29.4 Å². The molecule has 0 saturated carbocycles. The molecule has 1 rings (SSSR count). The van der Waals surface area contributed by atoms with Crippen molar-refractivity contribution < 1.29 is 14.4 Å². The summed E-state index contributed by atoms with van der Waals surface area (Å²) in [6.07, 6.45) is 1.64. The summed E-state index contributed by atoms with van der Waals surface area (Å²) in [7, 11) is 0. The van der Waals surface area contributed by atoms with Gasteiger partial charge >= 0.3 is 5.97 Å². The van der Waals surface area contributed by atoms with E-state index >= 15 is 0 Å². The lowest BCUT2D eigenvalue weighted by Crippen LogP contribution is -2.27. The normalized spacial score (nSPS) is 9.62. The Kier molecular flexibility index (Phi) is 3.82. The molecule has 0 aliphatic heterocycles. The number of rotatable bonds is 2. The largest absolute Gasteiger partial charge is 0.397 e. The number of nitrogens with one attached hydrogen (secondary N) is 1. The molecule has 6 nitrogen and oxygen atoms in total. The molecule has 0 unspecified atom stereocenters. The van der Waals surface area contributed by atoms with Crippen LogP contribution in [0.2, 0.25) is 0 Å². The Bertz CT molecular complexity index is 418. The van der Waals surface area contributed by atoms with Gasteiger partial charge in [-0.25, -0.2) is 4.79 Å². The number of amides is 1. The fraction of sp³-hybridized carbons (Fsp3) is 0.300. The monoisotopic (exact) mass is 223 g/mol. The lowest BCUT2D eigenvalue weighted by atomic mass is 10.2. The van der Waals surface area contributed by atoms with Crippen molar-refractivity contribution in [2.24, 2.45) is 0 Å². The molecule has 0 saturated heterocycles. The zero-order valence-electron chi connectivity index (χ0n) is 9.11. The van der Waals surface area contributed by atoms with Crippen LogP contribution in [0.3, 0.4) is 0 Å². The lowest BCUT2D eigenvalue weighted by Gasteiger charge is -2.06. The average Bonchev–Trinajstić information content (AvgIpc) is 2.28. The second-order valence-electron chi connectivity index (χ2n) is 3.16. The van der Waals surface area contributed by atoms with Gasteiger partial charge in [-0.2, -0.15) is 5.48 Å². The second kappa shape index (κ2) is 5.11. The van der Waals surface area contributed by atoms with Gasteiger partial charge in [-0.15, -0.1) is 0 Å². The second-order valence-corrected chi connectivity index (χ2v) is 3.16. The number of hydrogen-bond acceptors (Lipinski definition) is 5. The van der Waals surface area contributed by atoms with E-state index in [9.17, 15) is 9.59 Å². The van der Waals surface area contributed by atoms with E-state index in [1.807, 2.05) is 5.48 Å². The maximum atomic E-state index is 11.6. The third kappa shape index (κ3) is 2.94. The predicted octanol–water partition coefficient (Wildman–Crippen LogP) is 0.570. The molecule has 1 amide bonds. The highest BCUT2D eigenvalue weighted by Gasteiger charge is 2.11. The Hall–Kier alpha value is -2.11. The van der Waals surface area contributed by atoms with E-state index in [0.29, 0.717) is 11.4 Å². The maximum Gasteiger partial charge on any atom is 0.331 e. The van der Waals surface area contributed by atoms with Gasteiger partial charge in [-0.1, -0.05) is 6.92 Å². The van der Waals surface area contributed by atoms with Crippen molar-refractivity contribution in [2.45, 2.75) is 20.3 Å². The topological polar surface area (TPSA) is 94.3 Å². The minimum absolute atomic E-state index is 0.189. The van der Waals surface area contributed by atoms with Crippen LogP contribution in [-0.2, 0) is 9.63 Å². The van der Waals surface area contributed by atoms with Gasteiger partial charge in [0.2, 0.25) is 0 Å². The summed E-state index contributed by atoms with van der Waals surface area (Å²) in [5.74, 6) is -1.05. The molecule has 6 heteroatoms. The average molecular weight is 223 g/mol. The van der Waals surface area contributed by atoms with Crippen molar-refractivity contribution >= 4 is 17.6 Å². The first-order valence-electron chi connectivity index (χ1n) is 4.76. The number of hydroxylamine groups is 1. The number of nitrogens with two attached hydrogens (primary N) is 1. The molecule has 86 valence electrons. The number of nitrogen functional groups attached to an aromatic ring is 1. The molecule has 0 aliphatic rings. The molecular weight excluding hydrogens is 210 g/mol. The number of aromatic nitrogens is 1. The number of pyridine rings is 1. The van der Waals surface area contributed by atoms with Crippen molar-refractivity contribution in [3.8, 4) is 0 Å². The lowest BCUT2D eigenvalue weighted by molar-refractivity contribution is -0.148. The summed E-state index contributed by atoms with van der Waals surface area (Å²) in [6, 6.07) is 1.47. The fourth-order valence-corrected chi connectivity index (χ4v) is 1.01. The van der Waals surface area contributed by atoms with Crippen LogP contribution in [0.5, 0.6) is 0 Å². The Balaban J connectivity index is 2.73. The van der Waals surface area contributed by atoms with Gasteiger partial charge < -0.3 is 10.6 Å². The number of carbonyl (C=O) groups excluding carboxylic acids is 2. The Morgan fingerprint density at radius 2 is 2.25 bits per heavy atom. The molecule has 16 heavy (non-hydrogen) atoms. The summed E-state index contributed by atoms with van der Waals surface area (Å²) in [5, 5.41) is 0. The maximum absolute atomic E-state index is 11.6. The van der Waals surface area contributed by atoms with E-state index in [0.717, 1.165) is 0 Å². The van der Waals surface area contributed by atoms with Gasteiger partial charge in [0.25, 0.3) is 5.91 Å². The van der Waals surface area contributed by atoms with Gasteiger partial charge in [0.1, 0.15) is 0 Å². The molecule has 1 heterocycles. The van der Waals surface area contributed by atoms with Crippen LogP contribution in [0.25, 0.3) is 0 Å². The van der Waals surface area contributed by atoms with Crippen molar-refractivity contribution in [3.63, 3.8) is 0 Å². The summed E-state index contributed by atoms with van der Waals surface area (Å²) in [4.78, 5) is 30.8. The molecule has 0 fully saturated rings. The molecule has 0 aliphatic carbocycles. The Morgan fingerprint density at radius 1 is 1.56 bits per heavy atom. The first-order valence-corrected chi connectivity index (χ1v) is 4.76. The highest BCUT2D eigenvalue weighted by atomic mass is 16.7. The number of anilines is 1. The minimum Gasteiger partial charge on any atom is -0.397 e. The molecule has 1 aromatic rings. The molecular formula is C10H13N3O3. The molecule has 0 atom stereocenters. The molecule has 0 radical (unpaired) electrons. The van der Waals surface area contributed by atoms with Gasteiger partial charge in [0, 0.05) is 6.42 Å². The molecule has 0 bridgehead atoms.